The maximum Gasteiger partial charge on any atom is 0.261 e. The van der Waals surface area contributed by atoms with Gasteiger partial charge in [0.05, 0.1) is 17.7 Å². The first-order valence-electron chi connectivity index (χ1n) is 5.55. The van der Waals surface area contributed by atoms with E-state index in [1.165, 1.54) is 11.3 Å². The van der Waals surface area contributed by atoms with Crippen molar-refractivity contribution >= 4 is 39.1 Å². The number of hydrogen-bond donors (Lipinski definition) is 0. The molecule has 1 aromatic heterocycles. The molecule has 0 N–H and O–H groups in total. The number of fused-ring (bicyclic) bond motifs is 1. The van der Waals surface area contributed by atoms with Crippen LogP contribution in [0.3, 0.4) is 0 Å². The zero-order valence-corrected chi connectivity index (χ0v) is 12.2. The minimum absolute atomic E-state index is 0.0891. The number of imide groups is 1. The second-order valence-corrected chi connectivity index (χ2v) is 6.15. The number of nitrogens with zero attached hydrogens (tertiary/aromatic N) is 1. The summed E-state index contributed by atoms with van der Waals surface area (Å²) in [5.74, 6) is -3.47. The third kappa shape index (κ3) is 2.06. The molecule has 0 saturated carbocycles. The molecule has 1 aromatic carbocycles. The van der Waals surface area contributed by atoms with Crippen LogP contribution in [0.1, 0.15) is 25.6 Å². The minimum atomic E-state index is -1.13. The number of hydrogen-bond acceptors (Lipinski definition) is 3. The molecule has 102 valence electrons. The first-order valence-corrected chi connectivity index (χ1v) is 7.23. The molecule has 1 aliphatic heterocycles. The summed E-state index contributed by atoms with van der Waals surface area (Å²) >= 11 is 4.67. The van der Waals surface area contributed by atoms with Crippen LogP contribution >= 0.6 is 27.3 Å². The predicted octanol–water partition coefficient (Wildman–Crippen LogP) is 3.59. The molecule has 0 spiro atoms. The average Bonchev–Trinajstić information content (AvgIpc) is 2.90. The van der Waals surface area contributed by atoms with Gasteiger partial charge in [0.25, 0.3) is 11.8 Å². The number of benzene rings is 1. The zero-order chi connectivity index (χ0) is 14.4. The number of rotatable bonds is 2. The van der Waals surface area contributed by atoms with Gasteiger partial charge >= 0.3 is 0 Å². The van der Waals surface area contributed by atoms with Gasteiger partial charge in [-0.1, -0.05) is 0 Å². The van der Waals surface area contributed by atoms with Crippen LogP contribution in [-0.4, -0.2) is 16.7 Å². The number of carbonyl (C=O) groups excluding carboxylic acids is 2. The topological polar surface area (TPSA) is 37.4 Å². The highest BCUT2D eigenvalue weighted by Gasteiger charge is 2.36. The molecule has 7 heteroatoms. The molecule has 0 fully saturated rings. The SMILES string of the molecule is O=C1c2cc(F)c(F)cc2C(=O)N1Cc1cc(Br)cs1. The van der Waals surface area contributed by atoms with Crippen molar-refractivity contribution in [1.82, 2.24) is 4.90 Å². The molecule has 0 aliphatic carbocycles. The average molecular weight is 358 g/mol. The van der Waals surface area contributed by atoms with Crippen molar-refractivity contribution in [3.63, 3.8) is 0 Å². The maximum absolute atomic E-state index is 13.2. The molecule has 0 unspecified atom stereocenters. The van der Waals surface area contributed by atoms with Gasteiger partial charge in [0.1, 0.15) is 0 Å². The van der Waals surface area contributed by atoms with Gasteiger partial charge in [0.15, 0.2) is 11.6 Å². The summed E-state index contributed by atoms with van der Waals surface area (Å²) in [4.78, 5) is 26.0. The fourth-order valence-electron chi connectivity index (χ4n) is 2.02. The largest absolute Gasteiger partial charge is 0.269 e. The Bertz CT molecular complexity index is 703. The summed E-state index contributed by atoms with van der Waals surface area (Å²) in [7, 11) is 0. The number of carbonyl (C=O) groups is 2. The standard InChI is InChI=1S/C13H6BrF2NO2S/c14-6-1-7(20-5-6)4-17-12(18)8-2-10(15)11(16)3-9(8)13(17)19/h1-3,5H,4H2. The number of halogens is 3. The van der Waals surface area contributed by atoms with Crippen LogP contribution < -0.4 is 0 Å². The number of thiophene rings is 1. The van der Waals surface area contributed by atoms with E-state index in [0.29, 0.717) is 0 Å². The Labute approximate surface area is 124 Å². The van der Waals surface area contributed by atoms with Crippen molar-refractivity contribution in [1.29, 1.82) is 0 Å². The minimum Gasteiger partial charge on any atom is -0.269 e. The van der Waals surface area contributed by atoms with Crippen molar-refractivity contribution < 1.29 is 18.4 Å². The van der Waals surface area contributed by atoms with E-state index in [-0.39, 0.29) is 17.7 Å². The van der Waals surface area contributed by atoms with Gasteiger partial charge in [-0.25, -0.2) is 8.78 Å². The highest BCUT2D eigenvalue weighted by Crippen LogP contribution is 2.28. The van der Waals surface area contributed by atoms with E-state index in [4.69, 9.17) is 0 Å². The van der Waals surface area contributed by atoms with Gasteiger partial charge < -0.3 is 0 Å². The smallest absolute Gasteiger partial charge is 0.261 e. The molecule has 0 saturated heterocycles. The van der Waals surface area contributed by atoms with Crippen molar-refractivity contribution in [3.8, 4) is 0 Å². The molecule has 0 radical (unpaired) electrons. The Balaban J connectivity index is 1.97. The van der Waals surface area contributed by atoms with Crippen LogP contribution in [0.2, 0.25) is 0 Å². The zero-order valence-electron chi connectivity index (χ0n) is 9.82. The molecule has 2 amide bonds. The third-order valence-corrected chi connectivity index (χ3v) is 4.63. The Morgan fingerprint density at radius 1 is 1.05 bits per heavy atom. The maximum atomic E-state index is 13.2. The Morgan fingerprint density at radius 2 is 1.60 bits per heavy atom. The van der Waals surface area contributed by atoms with Crippen molar-refractivity contribution in [2.75, 3.05) is 0 Å². The summed E-state index contributed by atoms with van der Waals surface area (Å²) in [6.07, 6.45) is 0. The molecule has 20 heavy (non-hydrogen) atoms. The van der Waals surface area contributed by atoms with Gasteiger partial charge in [-0.15, -0.1) is 11.3 Å². The summed E-state index contributed by atoms with van der Waals surface area (Å²) in [6.45, 7) is 0.0891. The lowest BCUT2D eigenvalue weighted by Crippen LogP contribution is -2.28. The predicted molar refractivity (Wildman–Crippen MR) is 72.6 cm³/mol. The lowest BCUT2D eigenvalue weighted by molar-refractivity contribution is 0.0643. The second-order valence-electron chi connectivity index (χ2n) is 4.24. The lowest BCUT2D eigenvalue weighted by atomic mass is 10.1. The Morgan fingerprint density at radius 3 is 2.05 bits per heavy atom. The van der Waals surface area contributed by atoms with E-state index in [1.807, 2.05) is 5.38 Å². The van der Waals surface area contributed by atoms with E-state index in [0.717, 1.165) is 26.4 Å². The molecule has 0 atom stereocenters. The first-order chi connectivity index (χ1) is 9.47. The molecule has 3 rings (SSSR count). The molecule has 2 heterocycles. The second kappa shape index (κ2) is 4.75. The van der Waals surface area contributed by atoms with E-state index in [2.05, 4.69) is 15.9 Å². The van der Waals surface area contributed by atoms with Crippen LogP contribution in [0.25, 0.3) is 0 Å². The summed E-state index contributed by atoms with van der Waals surface area (Å²) in [5, 5.41) is 1.83. The summed E-state index contributed by atoms with van der Waals surface area (Å²) in [5.41, 5.74) is -0.186. The van der Waals surface area contributed by atoms with Crippen LogP contribution in [0.4, 0.5) is 8.78 Å². The van der Waals surface area contributed by atoms with Gasteiger partial charge in [-0.05, 0) is 34.1 Å². The van der Waals surface area contributed by atoms with Gasteiger partial charge in [-0.3, -0.25) is 14.5 Å². The number of amides is 2. The van der Waals surface area contributed by atoms with Crippen LogP contribution in [0.15, 0.2) is 28.1 Å². The molecule has 1 aliphatic rings. The normalized spacial score (nSPS) is 14.1. The van der Waals surface area contributed by atoms with Crippen molar-refractivity contribution in [2.45, 2.75) is 6.54 Å². The van der Waals surface area contributed by atoms with E-state index >= 15 is 0 Å². The quantitative estimate of drug-likeness (QED) is 0.770. The van der Waals surface area contributed by atoms with Gasteiger partial charge in [-0.2, -0.15) is 0 Å². The molecule has 2 aromatic rings. The van der Waals surface area contributed by atoms with Crippen molar-refractivity contribution in [3.05, 3.63) is 55.7 Å². The lowest BCUT2D eigenvalue weighted by Gasteiger charge is -2.11. The monoisotopic (exact) mass is 357 g/mol. The van der Waals surface area contributed by atoms with Crippen LogP contribution in [0, 0.1) is 11.6 Å². The molecule has 0 bridgehead atoms. The van der Waals surface area contributed by atoms with Crippen molar-refractivity contribution in [2.24, 2.45) is 0 Å². The Kier molecular flexibility index (Phi) is 3.18. The fraction of sp³-hybridized carbons (Fsp3) is 0.0769. The summed E-state index contributed by atoms with van der Waals surface area (Å²) < 4.78 is 27.2. The molecule has 3 nitrogen and oxygen atoms in total. The van der Waals surface area contributed by atoms with Crippen LogP contribution in [-0.2, 0) is 6.54 Å². The molecular formula is C13H6BrF2NO2S. The third-order valence-electron chi connectivity index (χ3n) is 2.95. The van der Waals surface area contributed by atoms with Crippen LogP contribution in [0.5, 0.6) is 0 Å². The molecular weight excluding hydrogens is 352 g/mol. The van der Waals surface area contributed by atoms with Gasteiger partial charge in [0, 0.05) is 14.7 Å². The van der Waals surface area contributed by atoms with E-state index < -0.39 is 23.4 Å². The first kappa shape index (κ1) is 13.4. The van der Waals surface area contributed by atoms with E-state index in [9.17, 15) is 18.4 Å². The summed E-state index contributed by atoms with van der Waals surface area (Å²) in [6, 6.07) is 3.33. The van der Waals surface area contributed by atoms with Gasteiger partial charge in [0.2, 0.25) is 0 Å². The highest BCUT2D eigenvalue weighted by atomic mass is 79.9. The highest BCUT2D eigenvalue weighted by molar-refractivity contribution is 9.10. The fourth-order valence-corrected chi connectivity index (χ4v) is 3.46. The van der Waals surface area contributed by atoms with E-state index in [1.54, 1.807) is 6.07 Å². The Hall–Kier alpha value is -1.60.